The summed E-state index contributed by atoms with van der Waals surface area (Å²) < 4.78 is 13.0. The summed E-state index contributed by atoms with van der Waals surface area (Å²) in [5.74, 6) is -0.848. The van der Waals surface area contributed by atoms with Crippen LogP contribution in [-0.4, -0.2) is 17.6 Å². The average molecular weight is 276 g/mol. The maximum atomic E-state index is 12.3. The van der Waals surface area contributed by atoms with Crippen LogP contribution in [-0.2, 0) is 11.5 Å². The van der Waals surface area contributed by atoms with Crippen molar-refractivity contribution in [1.29, 1.82) is 0 Å². The molecule has 82 valence electrons. The molecule has 1 rings (SSSR count). The monoisotopic (exact) mass is 275 g/mol. The molecule has 0 bridgehead atoms. The molecule has 0 saturated carbocycles. The molecule has 0 aliphatic rings. The molecule has 1 aromatic rings. The van der Waals surface area contributed by atoms with E-state index in [1.165, 1.54) is 0 Å². The van der Waals surface area contributed by atoms with Crippen molar-refractivity contribution in [2.75, 3.05) is 11.9 Å². The van der Waals surface area contributed by atoms with Gasteiger partial charge in [-0.3, -0.25) is 4.79 Å². The zero-order chi connectivity index (χ0) is 11.3. The van der Waals surface area contributed by atoms with Crippen LogP contribution in [0.3, 0.4) is 0 Å². The summed E-state index contributed by atoms with van der Waals surface area (Å²) in [6.07, 6.45) is 0.0529. The van der Waals surface area contributed by atoms with Crippen LogP contribution in [0.2, 0.25) is 0 Å². The standard InChI is InChI=1S/C10H11BrFNO2/c11-8-5-7(6-12)1-2-9(8)13-4-3-10(14)15/h1-2,5,13H,3-4,6H2,(H,14,15). The third-order valence-electron chi connectivity index (χ3n) is 1.84. The second kappa shape index (κ2) is 5.70. The first-order chi connectivity index (χ1) is 7.13. The van der Waals surface area contributed by atoms with Crippen LogP contribution in [0, 0.1) is 0 Å². The Labute approximate surface area is 95.4 Å². The van der Waals surface area contributed by atoms with E-state index < -0.39 is 12.6 Å². The van der Waals surface area contributed by atoms with Crippen LogP contribution >= 0.6 is 15.9 Å². The van der Waals surface area contributed by atoms with Gasteiger partial charge in [-0.25, -0.2) is 4.39 Å². The Morgan fingerprint density at radius 2 is 2.27 bits per heavy atom. The molecule has 0 unspecified atom stereocenters. The first-order valence-corrected chi connectivity index (χ1v) is 5.23. The number of halogens is 2. The first-order valence-electron chi connectivity index (χ1n) is 4.43. The lowest BCUT2D eigenvalue weighted by Gasteiger charge is -2.07. The van der Waals surface area contributed by atoms with E-state index in [0.29, 0.717) is 12.1 Å². The average Bonchev–Trinajstić information content (AvgIpc) is 2.20. The maximum Gasteiger partial charge on any atom is 0.305 e. The lowest BCUT2D eigenvalue weighted by molar-refractivity contribution is -0.136. The predicted molar refractivity (Wildman–Crippen MR) is 59.7 cm³/mol. The van der Waals surface area contributed by atoms with Gasteiger partial charge in [-0.1, -0.05) is 6.07 Å². The highest BCUT2D eigenvalue weighted by molar-refractivity contribution is 9.10. The molecule has 0 saturated heterocycles. The fourth-order valence-electron chi connectivity index (χ4n) is 1.09. The van der Waals surface area contributed by atoms with Crippen molar-refractivity contribution in [3.05, 3.63) is 28.2 Å². The molecular weight excluding hydrogens is 265 g/mol. The molecule has 1 aromatic carbocycles. The van der Waals surface area contributed by atoms with Crippen molar-refractivity contribution in [2.45, 2.75) is 13.1 Å². The first kappa shape index (κ1) is 12.0. The molecule has 0 aliphatic heterocycles. The molecule has 15 heavy (non-hydrogen) atoms. The van der Waals surface area contributed by atoms with Crippen molar-refractivity contribution in [1.82, 2.24) is 0 Å². The molecule has 0 amide bonds. The van der Waals surface area contributed by atoms with Crippen molar-refractivity contribution < 1.29 is 14.3 Å². The van der Waals surface area contributed by atoms with E-state index in [1.54, 1.807) is 18.2 Å². The number of aliphatic carboxylic acids is 1. The second-order valence-corrected chi connectivity index (χ2v) is 3.87. The van der Waals surface area contributed by atoms with Crippen LogP contribution in [0.4, 0.5) is 10.1 Å². The number of carboxylic acids is 1. The number of nitrogens with one attached hydrogen (secondary N) is 1. The summed E-state index contributed by atoms with van der Waals surface area (Å²) in [5, 5.41) is 11.4. The van der Waals surface area contributed by atoms with Gasteiger partial charge < -0.3 is 10.4 Å². The van der Waals surface area contributed by atoms with Crippen molar-refractivity contribution in [3.63, 3.8) is 0 Å². The summed E-state index contributed by atoms with van der Waals surface area (Å²) in [6.45, 7) is -0.156. The van der Waals surface area contributed by atoms with E-state index in [-0.39, 0.29) is 6.42 Å². The van der Waals surface area contributed by atoms with Crippen LogP contribution < -0.4 is 5.32 Å². The molecule has 5 heteroatoms. The summed E-state index contributed by atoms with van der Waals surface area (Å²) in [5.41, 5.74) is 1.36. The second-order valence-electron chi connectivity index (χ2n) is 3.02. The minimum absolute atomic E-state index is 0.0529. The summed E-state index contributed by atoms with van der Waals surface area (Å²) in [4.78, 5) is 10.3. The van der Waals surface area contributed by atoms with Crippen molar-refractivity contribution >= 4 is 27.6 Å². The Morgan fingerprint density at radius 3 is 2.80 bits per heavy atom. The van der Waals surface area contributed by atoms with Gasteiger partial charge in [0.2, 0.25) is 0 Å². The molecule has 3 nitrogen and oxygen atoms in total. The molecule has 0 aromatic heterocycles. The lowest BCUT2D eigenvalue weighted by atomic mass is 10.2. The predicted octanol–water partition coefficient (Wildman–Crippen LogP) is 2.81. The van der Waals surface area contributed by atoms with Crippen LogP contribution in [0.15, 0.2) is 22.7 Å². The van der Waals surface area contributed by atoms with E-state index >= 15 is 0 Å². The van der Waals surface area contributed by atoms with E-state index in [9.17, 15) is 9.18 Å². The number of rotatable bonds is 5. The van der Waals surface area contributed by atoms with E-state index in [4.69, 9.17) is 5.11 Å². The number of carboxylic acid groups (broad SMARTS) is 1. The number of anilines is 1. The minimum atomic E-state index is -0.848. The molecule has 0 aliphatic carbocycles. The topological polar surface area (TPSA) is 49.3 Å². The number of hydrogen-bond acceptors (Lipinski definition) is 2. The van der Waals surface area contributed by atoms with Crippen LogP contribution in [0.1, 0.15) is 12.0 Å². The molecule has 0 heterocycles. The van der Waals surface area contributed by atoms with Gasteiger partial charge in [0.15, 0.2) is 0 Å². The fourth-order valence-corrected chi connectivity index (χ4v) is 1.66. The van der Waals surface area contributed by atoms with Gasteiger partial charge in [-0.15, -0.1) is 0 Å². The number of carbonyl (C=O) groups is 1. The molecule has 2 N–H and O–H groups in total. The highest BCUT2D eigenvalue weighted by Gasteiger charge is 2.02. The van der Waals surface area contributed by atoms with Gasteiger partial charge in [0.1, 0.15) is 6.67 Å². The van der Waals surface area contributed by atoms with Gasteiger partial charge >= 0.3 is 5.97 Å². The smallest absolute Gasteiger partial charge is 0.305 e. The molecular formula is C10H11BrFNO2. The minimum Gasteiger partial charge on any atom is -0.481 e. The molecule has 0 spiro atoms. The molecule has 0 fully saturated rings. The highest BCUT2D eigenvalue weighted by Crippen LogP contribution is 2.23. The third kappa shape index (κ3) is 3.87. The Morgan fingerprint density at radius 1 is 1.53 bits per heavy atom. The van der Waals surface area contributed by atoms with Crippen LogP contribution in [0.5, 0.6) is 0 Å². The Balaban J connectivity index is 2.58. The van der Waals surface area contributed by atoms with Gasteiger partial charge in [0, 0.05) is 16.7 Å². The maximum absolute atomic E-state index is 12.3. The van der Waals surface area contributed by atoms with Gasteiger partial charge in [0.25, 0.3) is 0 Å². The van der Waals surface area contributed by atoms with Crippen molar-refractivity contribution in [3.8, 4) is 0 Å². The Kier molecular flexibility index (Phi) is 4.55. The largest absolute Gasteiger partial charge is 0.481 e. The highest BCUT2D eigenvalue weighted by atomic mass is 79.9. The van der Waals surface area contributed by atoms with Crippen molar-refractivity contribution in [2.24, 2.45) is 0 Å². The number of benzene rings is 1. The number of hydrogen-bond donors (Lipinski definition) is 2. The summed E-state index contributed by atoms with van der Waals surface area (Å²) in [7, 11) is 0. The molecule has 0 radical (unpaired) electrons. The summed E-state index contributed by atoms with van der Waals surface area (Å²) in [6, 6.07) is 5.05. The van der Waals surface area contributed by atoms with Crippen LogP contribution in [0.25, 0.3) is 0 Å². The quantitative estimate of drug-likeness (QED) is 0.869. The number of alkyl halides is 1. The fraction of sp³-hybridized carbons (Fsp3) is 0.300. The van der Waals surface area contributed by atoms with E-state index in [0.717, 1.165) is 10.2 Å². The Hall–Kier alpha value is -1.10. The van der Waals surface area contributed by atoms with Gasteiger partial charge in [-0.2, -0.15) is 0 Å². The van der Waals surface area contributed by atoms with Gasteiger partial charge in [-0.05, 0) is 33.6 Å². The van der Waals surface area contributed by atoms with Gasteiger partial charge in [0.05, 0.1) is 6.42 Å². The normalized spacial score (nSPS) is 10.0. The lowest BCUT2D eigenvalue weighted by Crippen LogP contribution is -2.07. The zero-order valence-corrected chi connectivity index (χ0v) is 9.55. The van der Waals surface area contributed by atoms with E-state index in [2.05, 4.69) is 21.2 Å². The Bertz CT molecular complexity index is 357. The molecule has 0 atom stereocenters. The third-order valence-corrected chi connectivity index (χ3v) is 2.50. The zero-order valence-electron chi connectivity index (χ0n) is 7.96. The summed E-state index contributed by atoms with van der Waals surface area (Å²) >= 11 is 3.28. The van der Waals surface area contributed by atoms with E-state index in [1.807, 2.05) is 0 Å². The SMILES string of the molecule is O=C(O)CCNc1ccc(CF)cc1Br.